The van der Waals surface area contributed by atoms with E-state index < -0.39 is 0 Å². The van der Waals surface area contributed by atoms with Crippen LogP contribution in [0, 0.1) is 5.92 Å². The van der Waals surface area contributed by atoms with Crippen LogP contribution in [0.15, 0.2) is 0 Å². The Balaban J connectivity index is 1.91. The maximum Gasteiger partial charge on any atom is 0.00390 e. The highest BCUT2D eigenvalue weighted by Gasteiger charge is 2.17. The van der Waals surface area contributed by atoms with Crippen LogP contribution in [0.1, 0.15) is 71.1 Å². The maximum absolute atomic E-state index is 5.89. The fraction of sp³-hybridized carbons (Fsp3) is 1.00. The monoisotopic (exact) mass is 197 g/mol. The van der Waals surface area contributed by atoms with E-state index in [4.69, 9.17) is 5.73 Å². The summed E-state index contributed by atoms with van der Waals surface area (Å²) in [6.07, 6.45) is 14.0. The summed E-state index contributed by atoms with van der Waals surface area (Å²) in [6.45, 7) is 2.28. The van der Waals surface area contributed by atoms with Gasteiger partial charge in [0.15, 0.2) is 0 Å². The van der Waals surface area contributed by atoms with Gasteiger partial charge in [-0.05, 0) is 31.6 Å². The topological polar surface area (TPSA) is 26.0 Å². The molecule has 1 heteroatoms. The second-order valence-electron chi connectivity index (χ2n) is 4.98. The molecule has 0 aliphatic heterocycles. The quantitative estimate of drug-likeness (QED) is 0.643. The van der Waals surface area contributed by atoms with Gasteiger partial charge < -0.3 is 5.73 Å². The minimum atomic E-state index is 0.520. The van der Waals surface area contributed by atoms with E-state index in [1.165, 1.54) is 64.2 Å². The zero-order chi connectivity index (χ0) is 10.2. The van der Waals surface area contributed by atoms with Crippen molar-refractivity contribution < 1.29 is 0 Å². The Morgan fingerprint density at radius 3 is 2.21 bits per heavy atom. The molecule has 0 atom stereocenters. The van der Waals surface area contributed by atoms with Gasteiger partial charge in [0.05, 0.1) is 0 Å². The standard InChI is InChI=1S/C13H27N/c1-2-3-4-5-6-7-12-8-10-13(14)11-9-12/h12-13H,2-11,14H2,1H3/t12-,13-. The summed E-state index contributed by atoms with van der Waals surface area (Å²) >= 11 is 0. The fourth-order valence-corrected chi connectivity index (χ4v) is 2.51. The molecule has 0 saturated heterocycles. The molecule has 2 N–H and O–H groups in total. The molecule has 0 aromatic heterocycles. The molecule has 0 spiro atoms. The van der Waals surface area contributed by atoms with E-state index in [0.717, 1.165) is 5.92 Å². The molecule has 0 amide bonds. The average molecular weight is 197 g/mol. The normalized spacial score (nSPS) is 27.9. The number of unbranched alkanes of at least 4 members (excludes halogenated alkanes) is 4. The van der Waals surface area contributed by atoms with Gasteiger partial charge in [-0.25, -0.2) is 0 Å². The van der Waals surface area contributed by atoms with Crippen LogP contribution in [0.2, 0.25) is 0 Å². The highest BCUT2D eigenvalue weighted by atomic mass is 14.6. The molecular weight excluding hydrogens is 170 g/mol. The van der Waals surface area contributed by atoms with Gasteiger partial charge in [-0.15, -0.1) is 0 Å². The van der Waals surface area contributed by atoms with Gasteiger partial charge in [-0.3, -0.25) is 0 Å². The molecule has 0 aromatic carbocycles. The highest BCUT2D eigenvalue weighted by molar-refractivity contribution is 4.74. The zero-order valence-electron chi connectivity index (χ0n) is 9.80. The van der Waals surface area contributed by atoms with Crippen molar-refractivity contribution in [2.75, 3.05) is 0 Å². The van der Waals surface area contributed by atoms with Crippen molar-refractivity contribution in [1.82, 2.24) is 0 Å². The highest BCUT2D eigenvalue weighted by Crippen LogP contribution is 2.27. The van der Waals surface area contributed by atoms with Crippen LogP contribution in [0.3, 0.4) is 0 Å². The third-order valence-corrected chi connectivity index (χ3v) is 3.61. The van der Waals surface area contributed by atoms with Crippen LogP contribution in [0.4, 0.5) is 0 Å². The second-order valence-corrected chi connectivity index (χ2v) is 4.98. The first-order chi connectivity index (χ1) is 6.83. The van der Waals surface area contributed by atoms with Crippen molar-refractivity contribution in [3.05, 3.63) is 0 Å². The summed E-state index contributed by atoms with van der Waals surface area (Å²) in [6, 6.07) is 0.520. The summed E-state index contributed by atoms with van der Waals surface area (Å²) in [5.74, 6) is 1.01. The first kappa shape index (κ1) is 12.0. The third-order valence-electron chi connectivity index (χ3n) is 3.61. The van der Waals surface area contributed by atoms with E-state index in [9.17, 15) is 0 Å². The Morgan fingerprint density at radius 2 is 1.57 bits per heavy atom. The zero-order valence-corrected chi connectivity index (χ0v) is 9.80. The van der Waals surface area contributed by atoms with Crippen molar-refractivity contribution >= 4 is 0 Å². The smallest absolute Gasteiger partial charge is 0.00390 e. The van der Waals surface area contributed by atoms with E-state index in [1.54, 1.807) is 0 Å². The number of hydrogen-bond acceptors (Lipinski definition) is 1. The molecule has 14 heavy (non-hydrogen) atoms. The predicted molar refractivity (Wildman–Crippen MR) is 63.3 cm³/mol. The molecule has 0 radical (unpaired) electrons. The van der Waals surface area contributed by atoms with Crippen molar-refractivity contribution in [2.24, 2.45) is 11.7 Å². The van der Waals surface area contributed by atoms with Gasteiger partial charge in [-0.2, -0.15) is 0 Å². The fourth-order valence-electron chi connectivity index (χ4n) is 2.51. The lowest BCUT2D eigenvalue weighted by Crippen LogP contribution is -2.26. The van der Waals surface area contributed by atoms with Crippen molar-refractivity contribution in [1.29, 1.82) is 0 Å². The summed E-state index contributed by atoms with van der Waals surface area (Å²) in [5.41, 5.74) is 5.89. The molecule has 0 heterocycles. The SMILES string of the molecule is CCCCCCC[C@H]1CC[C@H](N)CC1. The molecule has 1 rings (SSSR count). The van der Waals surface area contributed by atoms with Gasteiger partial charge >= 0.3 is 0 Å². The Morgan fingerprint density at radius 1 is 0.929 bits per heavy atom. The van der Waals surface area contributed by atoms with Crippen LogP contribution in [-0.2, 0) is 0 Å². The van der Waals surface area contributed by atoms with Crippen molar-refractivity contribution in [2.45, 2.75) is 77.2 Å². The lowest BCUT2D eigenvalue weighted by atomic mass is 9.83. The molecule has 1 fully saturated rings. The van der Waals surface area contributed by atoms with Gasteiger partial charge in [0.1, 0.15) is 0 Å². The number of nitrogens with two attached hydrogens (primary N) is 1. The lowest BCUT2D eigenvalue weighted by molar-refractivity contribution is 0.302. The van der Waals surface area contributed by atoms with Gasteiger partial charge in [0.2, 0.25) is 0 Å². The molecule has 1 saturated carbocycles. The van der Waals surface area contributed by atoms with Crippen LogP contribution < -0.4 is 5.73 Å². The first-order valence-electron chi connectivity index (χ1n) is 6.58. The summed E-state index contributed by atoms with van der Waals surface area (Å²) in [4.78, 5) is 0. The van der Waals surface area contributed by atoms with E-state index in [2.05, 4.69) is 6.92 Å². The van der Waals surface area contributed by atoms with Crippen molar-refractivity contribution in [3.63, 3.8) is 0 Å². The van der Waals surface area contributed by atoms with Gasteiger partial charge in [0.25, 0.3) is 0 Å². The summed E-state index contributed by atoms with van der Waals surface area (Å²) < 4.78 is 0. The van der Waals surface area contributed by atoms with Crippen LogP contribution in [-0.4, -0.2) is 6.04 Å². The van der Waals surface area contributed by atoms with Gasteiger partial charge in [-0.1, -0.05) is 45.4 Å². The summed E-state index contributed by atoms with van der Waals surface area (Å²) in [5, 5.41) is 0. The van der Waals surface area contributed by atoms with Crippen LogP contribution in [0.25, 0.3) is 0 Å². The molecule has 1 aliphatic carbocycles. The minimum Gasteiger partial charge on any atom is -0.328 e. The predicted octanol–water partition coefficient (Wildman–Crippen LogP) is 3.86. The van der Waals surface area contributed by atoms with Gasteiger partial charge in [0, 0.05) is 6.04 Å². The largest absolute Gasteiger partial charge is 0.328 e. The lowest BCUT2D eigenvalue weighted by Gasteiger charge is -2.25. The molecular formula is C13H27N. The Hall–Kier alpha value is -0.0400. The van der Waals surface area contributed by atoms with Crippen LogP contribution in [0.5, 0.6) is 0 Å². The molecule has 0 aromatic rings. The minimum absolute atomic E-state index is 0.520. The molecule has 0 bridgehead atoms. The second kappa shape index (κ2) is 7.28. The molecule has 1 aliphatic rings. The van der Waals surface area contributed by atoms with E-state index in [0.29, 0.717) is 6.04 Å². The first-order valence-corrected chi connectivity index (χ1v) is 6.58. The Kier molecular flexibility index (Phi) is 6.25. The summed E-state index contributed by atoms with van der Waals surface area (Å²) in [7, 11) is 0. The third kappa shape index (κ3) is 4.99. The van der Waals surface area contributed by atoms with E-state index in [-0.39, 0.29) is 0 Å². The Bertz CT molecular complexity index is 125. The molecule has 84 valence electrons. The molecule has 0 unspecified atom stereocenters. The Labute approximate surface area is 89.5 Å². The average Bonchev–Trinajstić information content (AvgIpc) is 2.21. The van der Waals surface area contributed by atoms with Crippen LogP contribution >= 0.6 is 0 Å². The molecule has 1 nitrogen and oxygen atoms in total. The maximum atomic E-state index is 5.89. The number of rotatable bonds is 6. The van der Waals surface area contributed by atoms with Crippen molar-refractivity contribution in [3.8, 4) is 0 Å². The van der Waals surface area contributed by atoms with E-state index >= 15 is 0 Å². The van der Waals surface area contributed by atoms with E-state index in [1.807, 2.05) is 0 Å². The number of hydrogen-bond donors (Lipinski definition) is 1.